The van der Waals surface area contributed by atoms with Crippen LogP contribution in [0.1, 0.15) is 56.0 Å². The molecular weight excluding hydrogens is 300 g/mol. The molecule has 3 aromatic carbocycles. The van der Waals surface area contributed by atoms with E-state index in [9.17, 15) is 0 Å². The summed E-state index contributed by atoms with van der Waals surface area (Å²) in [5.74, 6) is 0.280. The third kappa shape index (κ3) is 3.39. The van der Waals surface area contributed by atoms with Crippen molar-refractivity contribution in [2.75, 3.05) is 0 Å². The summed E-state index contributed by atoms with van der Waals surface area (Å²) in [4.78, 5) is 0. The second-order valence-corrected chi connectivity index (χ2v) is 7.47. The average Bonchev–Trinajstić information content (AvgIpc) is 2.52. The Hall–Kier alpha value is -2.34. The second kappa shape index (κ2) is 6.88. The SMILES string of the molecule is Cc1cc(C)c(C(c2ccccc2)c2c(C)cc(C)cc2C)c(C)c1. The summed E-state index contributed by atoms with van der Waals surface area (Å²) in [5.41, 5.74) is 12.5. The minimum atomic E-state index is 0.280. The Morgan fingerprint density at radius 1 is 0.520 bits per heavy atom. The lowest BCUT2D eigenvalue weighted by Crippen LogP contribution is -2.11. The summed E-state index contributed by atoms with van der Waals surface area (Å²) in [7, 11) is 0. The number of hydrogen-bond acceptors (Lipinski definition) is 0. The monoisotopic (exact) mass is 328 g/mol. The van der Waals surface area contributed by atoms with Gasteiger partial charge in [-0.25, -0.2) is 0 Å². The smallest absolute Gasteiger partial charge is 0.0350 e. The van der Waals surface area contributed by atoms with E-state index in [0.717, 1.165) is 0 Å². The minimum absolute atomic E-state index is 0.280. The van der Waals surface area contributed by atoms with Crippen LogP contribution in [0.4, 0.5) is 0 Å². The van der Waals surface area contributed by atoms with Gasteiger partial charge in [0.05, 0.1) is 0 Å². The lowest BCUT2D eigenvalue weighted by molar-refractivity contribution is 0.919. The van der Waals surface area contributed by atoms with Gasteiger partial charge in [0.2, 0.25) is 0 Å². The van der Waals surface area contributed by atoms with Gasteiger partial charge in [-0.15, -0.1) is 0 Å². The Morgan fingerprint density at radius 3 is 1.24 bits per heavy atom. The van der Waals surface area contributed by atoms with Gasteiger partial charge >= 0.3 is 0 Å². The highest BCUT2D eigenvalue weighted by molar-refractivity contribution is 5.55. The predicted octanol–water partition coefficient (Wildman–Crippen LogP) is 6.72. The molecule has 0 unspecified atom stereocenters. The number of aryl methyl sites for hydroxylation is 6. The zero-order valence-electron chi connectivity index (χ0n) is 16.3. The highest BCUT2D eigenvalue weighted by atomic mass is 14.3. The average molecular weight is 328 g/mol. The van der Waals surface area contributed by atoms with E-state index in [4.69, 9.17) is 0 Å². The molecule has 0 heteroatoms. The highest BCUT2D eigenvalue weighted by Crippen LogP contribution is 2.39. The number of benzene rings is 3. The fraction of sp³-hybridized carbons (Fsp3) is 0.280. The van der Waals surface area contributed by atoms with Crippen molar-refractivity contribution in [2.24, 2.45) is 0 Å². The molecule has 0 saturated heterocycles. The molecule has 128 valence electrons. The number of rotatable bonds is 3. The molecule has 0 aliphatic carbocycles. The molecule has 0 atom stereocenters. The van der Waals surface area contributed by atoms with Gasteiger partial charge in [-0.3, -0.25) is 0 Å². The molecule has 3 rings (SSSR count). The van der Waals surface area contributed by atoms with Crippen LogP contribution < -0.4 is 0 Å². The summed E-state index contributed by atoms with van der Waals surface area (Å²) in [5, 5.41) is 0. The molecule has 0 aromatic heterocycles. The van der Waals surface area contributed by atoms with E-state index in [1.165, 1.54) is 50.1 Å². The standard InChI is InChI=1S/C25H28/c1-16-12-18(3)23(19(4)13-16)25(22-10-8-7-9-11-22)24-20(5)14-17(2)15-21(24)6/h7-15,25H,1-6H3. The summed E-state index contributed by atoms with van der Waals surface area (Å²) in [6.45, 7) is 13.4. The molecule has 0 fully saturated rings. The Kier molecular flexibility index (Phi) is 4.81. The quantitative estimate of drug-likeness (QED) is 0.468. The Morgan fingerprint density at radius 2 is 0.880 bits per heavy atom. The fourth-order valence-electron chi connectivity index (χ4n) is 4.42. The molecule has 0 aliphatic rings. The lowest BCUT2D eigenvalue weighted by atomic mass is 9.77. The molecule has 0 aliphatic heterocycles. The van der Waals surface area contributed by atoms with Gasteiger partial charge in [-0.05, 0) is 80.5 Å². The maximum atomic E-state index is 2.32. The van der Waals surface area contributed by atoms with Crippen LogP contribution in [-0.2, 0) is 0 Å². The molecule has 0 radical (unpaired) electrons. The normalized spacial score (nSPS) is 11.2. The van der Waals surface area contributed by atoms with Crippen LogP contribution in [0.5, 0.6) is 0 Å². The van der Waals surface area contributed by atoms with Gasteiger partial charge < -0.3 is 0 Å². The van der Waals surface area contributed by atoms with Crippen molar-refractivity contribution in [3.8, 4) is 0 Å². The first-order valence-corrected chi connectivity index (χ1v) is 9.09. The topological polar surface area (TPSA) is 0 Å². The van der Waals surface area contributed by atoms with Gasteiger partial charge in [0.25, 0.3) is 0 Å². The molecule has 25 heavy (non-hydrogen) atoms. The summed E-state index contributed by atoms with van der Waals surface area (Å²) >= 11 is 0. The number of hydrogen-bond donors (Lipinski definition) is 0. The third-order valence-electron chi connectivity index (χ3n) is 5.19. The van der Waals surface area contributed by atoms with E-state index in [-0.39, 0.29) is 5.92 Å². The molecule has 0 amide bonds. The van der Waals surface area contributed by atoms with Crippen molar-refractivity contribution in [2.45, 2.75) is 47.5 Å². The molecule has 3 aromatic rings. The first kappa shape index (κ1) is 17.5. The van der Waals surface area contributed by atoms with Crippen LogP contribution in [0.15, 0.2) is 54.6 Å². The van der Waals surface area contributed by atoms with Crippen LogP contribution in [0.25, 0.3) is 0 Å². The second-order valence-electron chi connectivity index (χ2n) is 7.47. The fourth-order valence-corrected chi connectivity index (χ4v) is 4.42. The van der Waals surface area contributed by atoms with Gasteiger partial charge in [0, 0.05) is 5.92 Å². The predicted molar refractivity (Wildman–Crippen MR) is 109 cm³/mol. The molecule has 0 spiro atoms. The van der Waals surface area contributed by atoms with Crippen molar-refractivity contribution in [1.29, 1.82) is 0 Å². The zero-order chi connectivity index (χ0) is 18.1. The lowest BCUT2D eigenvalue weighted by Gasteiger charge is -2.27. The van der Waals surface area contributed by atoms with Crippen LogP contribution >= 0.6 is 0 Å². The van der Waals surface area contributed by atoms with Crippen molar-refractivity contribution in [3.05, 3.63) is 105 Å². The minimum Gasteiger partial charge on any atom is -0.0622 e. The van der Waals surface area contributed by atoms with E-state index in [2.05, 4.69) is 96.1 Å². The third-order valence-corrected chi connectivity index (χ3v) is 5.19. The van der Waals surface area contributed by atoms with Gasteiger partial charge in [-0.1, -0.05) is 65.7 Å². The van der Waals surface area contributed by atoms with Crippen LogP contribution in [0.3, 0.4) is 0 Å². The molecule has 0 nitrogen and oxygen atoms in total. The van der Waals surface area contributed by atoms with Crippen molar-refractivity contribution >= 4 is 0 Å². The van der Waals surface area contributed by atoms with E-state index < -0.39 is 0 Å². The summed E-state index contributed by atoms with van der Waals surface area (Å²) in [6.07, 6.45) is 0. The first-order valence-electron chi connectivity index (χ1n) is 9.09. The molecular formula is C25H28. The maximum absolute atomic E-state index is 2.32. The zero-order valence-corrected chi connectivity index (χ0v) is 16.3. The van der Waals surface area contributed by atoms with Gasteiger partial charge in [0.1, 0.15) is 0 Å². The van der Waals surface area contributed by atoms with E-state index >= 15 is 0 Å². The molecule has 0 N–H and O–H groups in total. The molecule has 0 saturated carbocycles. The van der Waals surface area contributed by atoms with E-state index in [1.54, 1.807) is 0 Å². The largest absolute Gasteiger partial charge is 0.0622 e. The van der Waals surface area contributed by atoms with E-state index in [0.29, 0.717) is 0 Å². The Balaban J connectivity index is 2.34. The molecule has 0 heterocycles. The maximum Gasteiger partial charge on any atom is 0.0350 e. The van der Waals surface area contributed by atoms with Crippen LogP contribution in [0, 0.1) is 41.5 Å². The van der Waals surface area contributed by atoms with Crippen molar-refractivity contribution < 1.29 is 0 Å². The Labute approximate surface area is 152 Å². The van der Waals surface area contributed by atoms with E-state index in [1.807, 2.05) is 0 Å². The summed E-state index contributed by atoms with van der Waals surface area (Å²) < 4.78 is 0. The summed E-state index contributed by atoms with van der Waals surface area (Å²) in [6, 6.07) is 20.2. The molecule has 0 bridgehead atoms. The van der Waals surface area contributed by atoms with Gasteiger partial charge in [0.15, 0.2) is 0 Å². The van der Waals surface area contributed by atoms with Crippen molar-refractivity contribution in [3.63, 3.8) is 0 Å². The van der Waals surface area contributed by atoms with Crippen molar-refractivity contribution in [1.82, 2.24) is 0 Å². The van der Waals surface area contributed by atoms with Crippen LogP contribution in [-0.4, -0.2) is 0 Å². The first-order chi connectivity index (χ1) is 11.9. The highest BCUT2D eigenvalue weighted by Gasteiger charge is 2.24. The van der Waals surface area contributed by atoms with Gasteiger partial charge in [-0.2, -0.15) is 0 Å². The van der Waals surface area contributed by atoms with Crippen LogP contribution in [0.2, 0.25) is 0 Å². The Bertz CT molecular complexity index is 797.